The fourth-order valence-corrected chi connectivity index (χ4v) is 3.79. The Bertz CT molecular complexity index is 745. The van der Waals surface area contributed by atoms with Gasteiger partial charge in [0.05, 0.1) is 4.90 Å². The van der Waals surface area contributed by atoms with Gasteiger partial charge in [-0.25, -0.2) is 13.1 Å². The molecule has 1 aromatic heterocycles. The average molecular weight is 331 g/mol. The van der Waals surface area contributed by atoms with Crippen LogP contribution in [0.2, 0.25) is 0 Å². The summed E-state index contributed by atoms with van der Waals surface area (Å²) in [5, 5.41) is 0. The number of pyridine rings is 1. The first-order chi connectivity index (χ1) is 11.0. The van der Waals surface area contributed by atoms with Gasteiger partial charge in [0, 0.05) is 37.7 Å². The summed E-state index contributed by atoms with van der Waals surface area (Å²) in [4.78, 5) is 6.51. The van der Waals surface area contributed by atoms with Crippen LogP contribution in [0.4, 0.5) is 5.69 Å². The van der Waals surface area contributed by atoms with Crippen LogP contribution in [0.25, 0.3) is 0 Å². The number of benzene rings is 1. The van der Waals surface area contributed by atoms with Crippen LogP contribution in [0.5, 0.6) is 0 Å². The van der Waals surface area contributed by atoms with Crippen molar-refractivity contribution in [3.63, 3.8) is 0 Å². The molecular weight excluding hydrogens is 310 g/mol. The summed E-state index contributed by atoms with van der Waals surface area (Å²) in [5.74, 6) is 0.695. The molecule has 1 atom stereocenters. The van der Waals surface area contributed by atoms with Crippen molar-refractivity contribution in [1.29, 1.82) is 0 Å². The van der Waals surface area contributed by atoms with E-state index in [0.29, 0.717) is 10.8 Å². The zero-order valence-electron chi connectivity index (χ0n) is 13.1. The highest BCUT2D eigenvalue weighted by molar-refractivity contribution is 7.89. The van der Waals surface area contributed by atoms with Gasteiger partial charge in [-0.2, -0.15) is 0 Å². The Balaban J connectivity index is 1.68. The van der Waals surface area contributed by atoms with Gasteiger partial charge in [0.2, 0.25) is 10.0 Å². The van der Waals surface area contributed by atoms with E-state index in [1.54, 1.807) is 36.7 Å². The van der Waals surface area contributed by atoms with Gasteiger partial charge >= 0.3 is 0 Å². The van der Waals surface area contributed by atoms with Crippen molar-refractivity contribution < 1.29 is 8.42 Å². The highest BCUT2D eigenvalue weighted by Gasteiger charge is 2.20. The molecule has 2 aromatic rings. The molecule has 6 heteroatoms. The Labute approximate surface area is 137 Å². The summed E-state index contributed by atoms with van der Waals surface area (Å²) in [5.41, 5.74) is 1.97. The fraction of sp³-hybridized carbons (Fsp3) is 0.353. The number of hydrogen-bond acceptors (Lipinski definition) is 4. The Hall–Kier alpha value is -1.92. The second kappa shape index (κ2) is 6.68. The van der Waals surface area contributed by atoms with Crippen molar-refractivity contribution in [2.75, 3.05) is 18.0 Å². The van der Waals surface area contributed by atoms with Gasteiger partial charge < -0.3 is 4.90 Å². The van der Waals surface area contributed by atoms with Crippen LogP contribution in [0.15, 0.2) is 53.7 Å². The number of rotatable bonds is 5. The molecule has 2 heterocycles. The van der Waals surface area contributed by atoms with Crippen LogP contribution in [-0.2, 0) is 16.6 Å². The third-order valence-electron chi connectivity index (χ3n) is 4.15. The van der Waals surface area contributed by atoms with Crippen LogP contribution in [0, 0.1) is 5.92 Å². The second-order valence-corrected chi connectivity index (χ2v) is 7.78. The average Bonchev–Trinajstić information content (AvgIpc) is 3.01. The summed E-state index contributed by atoms with van der Waals surface area (Å²) in [7, 11) is -3.50. The SMILES string of the molecule is CC1CCN(c2ccc(S(=O)(=O)NCc3ccncc3)cc2)C1. The minimum Gasteiger partial charge on any atom is -0.371 e. The van der Waals surface area contributed by atoms with Gasteiger partial charge in [-0.3, -0.25) is 4.98 Å². The molecule has 1 aromatic carbocycles. The molecule has 3 rings (SSSR count). The molecule has 122 valence electrons. The van der Waals surface area contributed by atoms with Gasteiger partial charge in [0.15, 0.2) is 0 Å². The first-order valence-corrected chi connectivity index (χ1v) is 9.26. The maximum atomic E-state index is 12.3. The number of aromatic nitrogens is 1. The molecule has 5 nitrogen and oxygen atoms in total. The van der Waals surface area contributed by atoms with Crippen molar-refractivity contribution in [3.05, 3.63) is 54.4 Å². The lowest BCUT2D eigenvalue weighted by Crippen LogP contribution is -2.23. The molecule has 0 aliphatic carbocycles. The predicted molar refractivity (Wildman–Crippen MR) is 90.7 cm³/mol. The summed E-state index contributed by atoms with van der Waals surface area (Å²) < 4.78 is 27.3. The Kier molecular flexibility index (Phi) is 4.63. The predicted octanol–water partition coefficient (Wildman–Crippen LogP) is 2.41. The van der Waals surface area contributed by atoms with Gasteiger partial charge in [0.1, 0.15) is 0 Å². The topological polar surface area (TPSA) is 62.3 Å². The van der Waals surface area contributed by atoms with Crippen molar-refractivity contribution in [2.45, 2.75) is 24.8 Å². The monoisotopic (exact) mass is 331 g/mol. The quantitative estimate of drug-likeness (QED) is 0.914. The number of hydrogen-bond donors (Lipinski definition) is 1. The molecule has 1 N–H and O–H groups in total. The van der Waals surface area contributed by atoms with E-state index in [2.05, 4.69) is 21.5 Å². The Morgan fingerprint density at radius 2 is 1.87 bits per heavy atom. The van der Waals surface area contributed by atoms with Gasteiger partial charge in [-0.1, -0.05) is 6.92 Å². The highest BCUT2D eigenvalue weighted by atomic mass is 32.2. The molecule has 0 amide bonds. The lowest BCUT2D eigenvalue weighted by atomic mass is 10.2. The summed E-state index contributed by atoms with van der Waals surface area (Å²) >= 11 is 0. The van der Waals surface area contributed by atoms with Crippen molar-refractivity contribution in [2.24, 2.45) is 5.92 Å². The van der Waals surface area contributed by atoms with E-state index in [0.717, 1.165) is 24.3 Å². The molecule has 1 fully saturated rings. The normalized spacial score (nSPS) is 18.3. The van der Waals surface area contributed by atoms with E-state index < -0.39 is 10.0 Å². The molecule has 23 heavy (non-hydrogen) atoms. The molecule has 0 radical (unpaired) electrons. The summed E-state index contributed by atoms with van der Waals surface area (Å²) in [6, 6.07) is 10.7. The Morgan fingerprint density at radius 3 is 2.48 bits per heavy atom. The lowest BCUT2D eigenvalue weighted by molar-refractivity contribution is 0.581. The first-order valence-electron chi connectivity index (χ1n) is 7.78. The molecule has 0 spiro atoms. The third kappa shape index (κ3) is 3.89. The summed E-state index contributed by atoms with van der Waals surface area (Å²) in [6.45, 7) is 4.57. The van der Waals surface area contributed by atoms with Crippen molar-refractivity contribution >= 4 is 15.7 Å². The van der Waals surface area contributed by atoms with Gasteiger partial charge in [-0.05, 0) is 54.3 Å². The van der Waals surface area contributed by atoms with E-state index in [1.165, 1.54) is 6.42 Å². The van der Waals surface area contributed by atoms with Crippen LogP contribution >= 0.6 is 0 Å². The molecule has 1 aliphatic heterocycles. The molecule has 1 saturated heterocycles. The van der Waals surface area contributed by atoms with Gasteiger partial charge in [0.25, 0.3) is 0 Å². The van der Waals surface area contributed by atoms with Crippen molar-refractivity contribution in [1.82, 2.24) is 9.71 Å². The number of sulfonamides is 1. The minimum atomic E-state index is -3.50. The van der Waals surface area contributed by atoms with E-state index in [-0.39, 0.29) is 6.54 Å². The van der Waals surface area contributed by atoms with Crippen LogP contribution in [-0.4, -0.2) is 26.5 Å². The largest absolute Gasteiger partial charge is 0.371 e. The van der Waals surface area contributed by atoms with E-state index in [9.17, 15) is 8.42 Å². The maximum absolute atomic E-state index is 12.3. The van der Waals surface area contributed by atoms with E-state index >= 15 is 0 Å². The van der Waals surface area contributed by atoms with Crippen LogP contribution in [0.1, 0.15) is 18.9 Å². The molecule has 0 saturated carbocycles. The number of nitrogens with one attached hydrogen (secondary N) is 1. The van der Waals surface area contributed by atoms with E-state index in [1.807, 2.05) is 12.1 Å². The fourth-order valence-electron chi connectivity index (χ4n) is 2.77. The smallest absolute Gasteiger partial charge is 0.240 e. The third-order valence-corrected chi connectivity index (χ3v) is 5.57. The minimum absolute atomic E-state index is 0.260. The maximum Gasteiger partial charge on any atom is 0.240 e. The van der Waals surface area contributed by atoms with Crippen LogP contribution in [0.3, 0.4) is 0 Å². The number of nitrogens with zero attached hydrogens (tertiary/aromatic N) is 2. The first kappa shape index (κ1) is 16.0. The Morgan fingerprint density at radius 1 is 1.17 bits per heavy atom. The van der Waals surface area contributed by atoms with Gasteiger partial charge in [-0.15, -0.1) is 0 Å². The second-order valence-electron chi connectivity index (χ2n) is 6.01. The van der Waals surface area contributed by atoms with Crippen LogP contribution < -0.4 is 9.62 Å². The van der Waals surface area contributed by atoms with Crippen molar-refractivity contribution in [3.8, 4) is 0 Å². The zero-order chi connectivity index (χ0) is 16.3. The highest BCUT2D eigenvalue weighted by Crippen LogP contribution is 2.24. The zero-order valence-corrected chi connectivity index (χ0v) is 14.0. The standard InChI is InChI=1S/C17H21N3O2S/c1-14-8-11-20(13-14)16-2-4-17(5-3-16)23(21,22)19-12-15-6-9-18-10-7-15/h2-7,9-10,14,19H,8,11-13H2,1H3. The molecule has 1 aliphatic rings. The summed E-state index contributed by atoms with van der Waals surface area (Å²) in [6.07, 6.45) is 4.48. The molecular formula is C17H21N3O2S. The molecule has 0 bridgehead atoms. The number of anilines is 1. The van der Waals surface area contributed by atoms with E-state index in [4.69, 9.17) is 0 Å². The molecule has 1 unspecified atom stereocenters. The lowest BCUT2D eigenvalue weighted by Gasteiger charge is -2.18.